The van der Waals surface area contributed by atoms with Crippen LogP contribution in [0.1, 0.15) is 29.6 Å². The van der Waals surface area contributed by atoms with E-state index in [1.165, 1.54) is 16.9 Å². The Kier molecular flexibility index (Phi) is 9.84. The summed E-state index contributed by atoms with van der Waals surface area (Å²) in [6, 6.07) is 41.7. The maximum Gasteiger partial charge on any atom is 0.267 e. The van der Waals surface area contributed by atoms with E-state index in [0.29, 0.717) is 0 Å². The van der Waals surface area contributed by atoms with Gasteiger partial charge in [-0.1, -0.05) is 121 Å². The number of hydrogen-bond donors (Lipinski definition) is 0. The van der Waals surface area contributed by atoms with Gasteiger partial charge in [0.05, 0.1) is 20.1 Å². The van der Waals surface area contributed by atoms with Gasteiger partial charge in [-0.3, -0.25) is 0 Å². The summed E-state index contributed by atoms with van der Waals surface area (Å²) in [5.74, 6) is 0. The van der Waals surface area contributed by atoms with E-state index in [1.54, 1.807) is 0 Å². The molecule has 0 saturated heterocycles. The van der Waals surface area contributed by atoms with Crippen molar-refractivity contribution in [2.24, 2.45) is 0 Å². The standard InChI is InChI=1S/C30H32O3P2S/c1-36(31,32)33-35(30(26-16-6-2-7-17-26)27-18-8-3-9-19-27)25-15-14-24-34(28-20-10-4-11-21-28)29-22-12-5-13-23-29/h2-13,16-23,30H,14-15,24-25H2,1H3. The molecule has 0 N–H and O–H groups in total. The highest BCUT2D eigenvalue weighted by atomic mass is 32.2. The summed E-state index contributed by atoms with van der Waals surface area (Å²) in [6.45, 7) is 0. The maximum atomic E-state index is 12.3. The van der Waals surface area contributed by atoms with Crippen LogP contribution in [0.15, 0.2) is 121 Å². The number of hydrogen-bond acceptors (Lipinski definition) is 3. The molecule has 0 aliphatic heterocycles. The summed E-state index contributed by atoms with van der Waals surface area (Å²) in [7, 11) is -5.34. The summed E-state index contributed by atoms with van der Waals surface area (Å²) in [6.07, 6.45) is 4.88. The number of rotatable bonds is 12. The molecule has 1 atom stereocenters. The van der Waals surface area contributed by atoms with Crippen molar-refractivity contribution in [3.63, 3.8) is 0 Å². The highest BCUT2D eigenvalue weighted by molar-refractivity contribution is 7.90. The van der Waals surface area contributed by atoms with Crippen molar-refractivity contribution in [3.05, 3.63) is 132 Å². The molecule has 0 bridgehead atoms. The Balaban J connectivity index is 1.53. The Morgan fingerprint density at radius 3 is 1.42 bits per heavy atom. The molecule has 0 spiro atoms. The summed E-state index contributed by atoms with van der Waals surface area (Å²) >= 11 is 0. The lowest BCUT2D eigenvalue weighted by Gasteiger charge is -2.27. The largest absolute Gasteiger partial charge is 0.267 e. The quantitative estimate of drug-likeness (QED) is 0.144. The van der Waals surface area contributed by atoms with Gasteiger partial charge >= 0.3 is 0 Å². The predicted molar refractivity (Wildman–Crippen MR) is 156 cm³/mol. The Bertz CT molecular complexity index is 1210. The van der Waals surface area contributed by atoms with Crippen LogP contribution in [0.5, 0.6) is 0 Å². The van der Waals surface area contributed by atoms with E-state index in [0.717, 1.165) is 36.3 Å². The molecule has 6 heteroatoms. The molecule has 4 rings (SSSR count). The molecule has 4 aromatic rings. The van der Waals surface area contributed by atoms with Crippen molar-refractivity contribution in [3.8, 4) is 0 Å². The lowest BCUT2D eigenvalue weighted by molar-refractivity contribution is 0.512. The molecule has 0 aromatic heterocycles. The molecule has 0 fully saturated rings. The van der Waals surface area contributed by atoms with Crippen LogP contribution >= 0.6 is 16.1 Å². The Morgan fingerprint density at radius 1 is 0.611 bits per heavy atom. The van der Waals surface area contributed by atoms with Gasteiger partial charge in [0.25, 0.3) is 10.1 Å². The van der Waals surface area contributed by atoms with E-state index in [-0.39, 0.29) is 5.66 Å². The second-order valence-corrected chi connectivity index (χ2v) is 14.8. The first-order chi connectivity index (χ1) is 17.5. The minimum Gasteiger partial charge on any atom is -0.247 e. The molecule has 0 aliphatic carbocycles. The van der Waals surface area contributed by atoms with Gasteiger partial charge < -0.3 is 0 Å². The zero-order chi connectivity index (χ0) is 25.2. The van der Waals surface area contributed by atoms with Gasteiger partial charge in [0.2, 0.25) is 0 Å². The van der Waals surface area contributed by atoms with Crippen molar-refractivity contribution < 1.29 is 12.4 Å². The minimum atomic E-state index is -3.59. The molecule has 4 aromatic carbocycles. The third-order valence-corrected chi connectivity index (χ3v) is 12.3. The fourth-order valence-corrected chi connectivity index (χ4v) is 10.6. The van der Waals surface area contributed by atoms with Crippen LogP contribution in [0.3, 0.4) is 0 Å². The van der Waals surface area contributed by atoms with Crippen molar-refractivity contribution in [2.75, 3.05) is 18.6 Å². The smallest absolute Gasteiger partial charge is 0.247 e. The summed E-state index contributed by atoms with van der Waals surface area (Å²) in [4.78, 5) is 0. The topological polar surface area (TPSA) is 43.4 Å². The molecular formula is C30H32O3P2S. The third-order valence-electron chi connectivity index (χ3n) is 5.90. The first kappa shape index (κ1) is 26.7. The molecule has 186 valence electrons. The van der Waals surface area contributed by atoms with Crippen molar-refractivity contribution in [1.29, 1.82) is 0 Å². The lowest BCUT2D eigenvalue weighted by atomic mass is 10.0. The number of benzene rings is 4. The molecule has 3 nitrogen and oxygen atoms in total. The Labute approximate surface area is 218 Å². The van der Waals surface area contributed by atoms with Gasteiger partial charge in [-0.25, -0.2) is 3.97 Å². The van der Waals surface area contributed by atoms with Crippen LogP contribution in [0, 0.1) is 0 Å². The molecule has 0 saturated carbocycles. The van der Waals surface area contributed by atoms with Crippen LogP contribution < -0.4 is 10.6 Å². The van der Waals surface area contributed by atoms with Crippen molar-refractivity contribution >= 4 is 36.8 Å². The monoisotopic (exact) mass is 534 g/mol. The van der Waals surface area contributed by atoms with Crippen LogP contribution in [0.4, 0.5) is 0 Å². The summed E-state index contributed by atoms with van der Waals surface area (Å²) in [5, 5.41) is 2.75. The SMILES string of the molecule is CS(=O)(=O)OP(CCCCP(c1ccccc1)c1ccccc1)C(c1ccccc1)c1ccccc1. The summed E-state index contributed by atoms with van der Waals surface area (Å²) < 4.78 is 30.5. The molecular weight excluding hydrogens is 502 g/mol. The van der Waals surface area contributed by atoms with E-state index in [9.17, 15) is 8.42 Å². The van der Waals surface area contributed by atoms with Crippen LogP contribution in [-0.4, -0.2) is 27.0 Å². The second-order valence-electron chi connectivity index (χ2n) is 8.67. The van der Waals surface area contributed by atoms with E-state index < -0.39 is 26.2 Å². The van der Waals surface area contributed by atoms with Gasteiger partial charge in [0, 0.05) is 0 Å². The van der Waals surface area contributed by atoms with E-state index in [1.807, 2.05) is 36.4 Å². The zero-order valence-electron chi connectivity index (χ0n) is 20.5. The maximum absolute atomic E-state index is 12.3. The molecule has 36 heavy (non-hydrogen) atoms. The lowest BCUT2D eigenvalue weighted by Crippen LogP contribution is -2.14. The van der Waals surface area contributed by atoms with Gasteiger partial charge in [-0.2, -0.15) is 8.42 Å². The molecule has 0 radical (unpaired) electrons. The fourth-order valence-electron chi connectivity index (χ4n) is 4.34. The molecule has 0 amide bonds. The second kappa shape index (κ2) is 13.3. The van der Waals surface area contributed by atoms with Gasteiger partial charge in [-0.05, 0) is 54.8 Å². The van der Waals surface area contributed by atoms with Gasteiger partial charge in [-0.15, -0.1) is 0 Å². The third kappa shape index (κ3) is 7.82. The van der Waals surface area contributed by atoms with E-state index in [4.69, 9.17) is 3.97 Å². The van der Waals surface area contributed by atoms with Crippen LogP contribution in [-0.2, 0) is 14.1 Å². The van der Waals surface area contributed by atoms with Crippen LogP contribution in [0.25, 0.3) is 0 Å². The Hall–Kier alpha value is -2.35. The average Bonchev–Trinajstić information content (AvgIpc) is 2.90. The Morgan fingerprint density at radius 2 is 1.00 bits per heavy atom. The number of unbranched alkanes of at least 4 members (excludes halogenated alkanes) is 1. The van der Waals surface area contributed by atoms with Crippen LogP contribution in [0.2, 0.25) is 0 Å². The molecule has 0 aliphatic rings. The van der Waals surface area contributed by atoms with Gasteiger partial charge in [0.1, 0.15) is 0 Å². The molecule has 0 heterocycles. The normalized spacial score (nSPS) is 12.6. The van der Waals surface area contributed by atoms with Gasteiger partial charge in [0.15, 0.2) is 0 Å². The minimum absolute atomic E-state index is 0.0955. The van der Waals surface area contributed by atoms with E-state index in [2.05, 4.69) is 84.9 Å². The first-order valence-corrected chi connectivity index (χ1v) is 17.0. The summed E-state index contributed by atoms with van der Waals surface area (Å²) in [5.41, 5.74) is 2.09. The highest BCUT2D eigenvalue weighted by Gasteiger charge is 2.29. The first-order valence-electron chi connectivity index (χ1n) is 12.1. The zero-order valence-corrected chi connectivity index (χ0v) is 23.1. The average molecular weight is 535 g/mol. The fraction of sp³-hybridized carbons (Fsp3) is 0.200. The molecule has 1 unspecified atom stereocenters. The van der Waals surface area contributed by atoms with Crippen molar-refractivity contribution in [2.45, 2.75) is 18.5 Å². The predicted octanol–water partition coefficient (Wildman–Crippen LogP) is 7.06. The van der Waals surface area contributed by atoms with Crippen molar-refractivity contribution in [1.82, 2.24) is 0 Å². The highest BCUT2D eigenvalue weighted by Crippen LogP contribution is 2.57. The van der Waals surface area contributed by atoms with E-state index >= 15 is 0 Å².